The predicted molar refractivity (Wildman–Crippen MR) is 84.9 cm³/mol. The number of benzene rings is 2. The van der Waals surface area contributed by atoms with E-state index in [1.54, 1.807) is 12.1 Å². The molecule has 2 aromatic heterocycles. The van der Waals surface area contributed by atoms with Crippen LogP contribution in [-0.4, -0.2) is 9.97 Å². The summed E-state index contributed by atoms with van der Waals surface area (Å²) in [6.07, 6.45) is 1.02. The Labute approximate surface area is 121 Å². The van der Waals surface area contributed by atoms with Crippen LogP contribution >= 0.6 is 0 Å². The van der Waals surface area contributed by atoms with Crippen LogP contribution in [0.15, 0.2) is 48.5 Å². The standard InChI is InChI=1S/C18H15FN2/c1-2-11-3-4-12-9-17(21-16(12)7-11)18-10-13-8-14(19)5-6-15(13)20-18/h3-10,20-21H,2H2,1H3. The number of rotatable bonds is 2. The van der Waals surface area contributed by atoms with Crippen LogP contribution in [0.3, 0.4) is 0 Å². The first-order valence-electron chi connectivity index (χ1n) is 7.13. The first kappa shape index (κ1) is 12.2. The van der Waals surface area contributed by atoms with E-state index in [0.29, 0.717) is 0 Å². The van der Waals surface area contributed by atoms with E-state index < -0.39 is 0 Å². The summed E-state index contributed by atoms with van der Waals surface area (Å²) in [6.45, 7) is 2.15. The molecule has 0 unspecified atom stereocenters. The minimum atomic E-state index is -0.211. The molecule has 0 bridgehead atoms. The van der Waals surface area contributed by atoms with Crippen LogP contribution in [0.5, 0.6) is 0 Å². The van der Waals surface area contributed by atoms with E-state index in [2.05, 4.69) is 41.2 Å². The lowest BCUT2D eigenvalue weighted by Gasteiger charge is -1.95. The second-order valence-corrected chi connectivity index (χ2v) is 5.37. The van der Waals surface area contributed by atoms with Crippen molar-refractivity contribution in [3.63, 3.8) is 0 Å². The van der Waals surface area contributed by atoms with Crippen molar-refractivity contribution in [3.05, 3.63) is 59.9 Å². The van der Waals surface area contributed by atoms with Crippen LogP contribution < -0.4 is 0 Å². The number of fused-ring (bicyclic) bond motifs is 2. The predicted octanol–water partition coefficient (Wildman–Crippen LogP) is 5.02. The van der Waals surface area contributed by atoms with E-state index >= 15 is 0 Å². The van der Waals surface area contributed by atoms with Crippen LogP contribution in [-0.2, 0) is 6.42 Å². The Morgan fingerprint density at radius 1 is 0.810 bits per heavy atom. The number of nitrogens with one attached hydrogen (secondary N) is 2. The minimum absolute atomic E-state index is 0.211. The third-order valence-corrected chi connectivity index (χ3v) is 3.97. The maximum atomic E-state index is 13.3. The van der Waals surface area contributed by atoms with Crippen molar-refractivity contribution in [2.75, 3.05) is 0 Å². The zero-order valence-corrected chi connectivity index (χ0v) is 11.7. The molecule has 2 nitrogen and oxygen atoms in total. The van der Waals surface area contributed by atoms with Crippen LogP contribution in [0.1, 0.15) is 12.5 Å². The molecule has 0 spiro atoms. The van der Waals surface area contributed by atoms with E-state index in [1.165, 1.54) is 17.0 Å². The molecule has 0 atom stereocenters. The summed E-state index contributed by atoms with van der Waals surface area (Å²) < 4.78 is 13.3. The molecular formula is C18H15FN2. The molecule has 0 fully saturated rings. The average Bonchev–Trinajstić information content (AvgIpc) is 3.08. The van der Waals surface area contributed by atoms with Gasteiger partial charge in [-0.2, -0.15) is 0 Å². The molecule has 3 heteroatoms. The molecule has 4 aromatic rings. The van der Waals surface area contributed by atoms with Crippen LogP contribution in [0.4, 0.5) is 4.39 Å². The van der Waals surface area contributed by atoms with E-state index in [4.69, 9.17) is 0 Å². The lowest BCUT2D eigenvalue weighted by molar-refractivity contribution is 0.630. The highest BCUT2D eigenvalue weighted by Gasteiger charge is 2.07. The average molecular weight is 278 g/mol. The van der Waals surface area contributed by atoms with Crippen LogP contribution in [0.2, 0.25) is 0 Å². The summed E-state index contributed by atoms with van der Waals surface area (Å²) >= 11 is 0. The van der Waals surface area contributed by atoms with Gasteiger partial charge < -0.3 is 9.97 Å². The minimum Gasteiger partial charge on any atom is -0.353 e. The lowest BCUT2D eigenvalue weighted by Crippen LogP contribution is -1.78. The fourth-order valence-corrected chi connectivity index (χ4v) is 2.79. The Kier molecular flexibility index (Phi) is 2.61. The Bertz CT molecular complexity index is 946. The topological polar surface area (TPSA) is 31.6 Å². The molecule has 2 N–H and O–H groups in total. The molecule has 0 saturated carbocycles. The summed E-state index contributed by atoms with van der Waals surface area (Å²) in [4.78, 5) is 6.77. The van der Waals surface area contributed by atoms with Gasteiger partial charge in [-0.25, -0.2) is 4.39 Å². The van der Waals surface area contributed by atoms with Gasteiger partial charge >= 0.3 is 0 Å². The number of halogens is 1. The maximum absolute atomic E-state index is 13.3. The van der Waals surface area contributed by atoms with Gasteiger partial charge in [0.1, 0.15) is 5.82 Å². The fourth-order valence-electron chi connectivity index (χ4n) is 2.79. The number of H-pyrrole nitrogens is 2. The molecule has 0 aliphatic carbocycles. The highest BCUT2D eigenvalue weighted by molar-refractivity contribution is 5.90. The molecule has 4 rings (SSSR count). The van der Waals surface area contributed by atoms with Gasteiger partial charge in [0.05, 0.1) is 11.4 Å². The number of aromatic nitrogens is 2. The SMILES string of the molecule is CCc1ccc2cc(-c3cc4cc(F)ccc4[nH]3)[nH]c2c1. The lowest BCUT2D eigenvalue weighted by atomic mass is 10.1. The van der Waals surface area contributed by atoms with Crippen molar-refractivity contribution in [2.45, 2.75) is 13.3 Å². The highest BCUT2D eigenvalue weighted by atomic mass is 19.1. The Morgan fingerprint density at radius 2 is 1.57 bits per heavy atom. The van der Waals surface area contributed by atoms with Gasteiger partial charge in [-0.3, -0.25) is 0 Å². The second kappa shape index (κ2) is 4.48. The van der Waals surface area contributed by atoms with Crippen molar-refractivity contribution in [2.24, 2.45) is 0 Å². The van der Waals surface area contributed by atoms with Gasteiger partial charge in [0, 0.05) is 21.8 Å². The van der Waals surface area contributed by atoms with Crippen molar-refractivity contribution in [1.29, 1.82) is 0 Å². The van der Waals surface area contributed by atoms with E-state index in [-0.39, 0.29) is 5.82 Å². The van der Waals surface area contributed by atoms with E-state index in [0.717, 1.165) is 34.2 Å². The zero-order chi connectivity index (χ0) is 14.4. The van der Waals surface area contributed by atoms with Gasteiger partial charge in [-0.15, -0.1) is 0 Å². The fraction of sp³-hybridized carbons (Fsp3) is 0.111. The van der Waals surface area contributed by atoms with Crippen molar-refractivity contribution >= 4 is 21.8 Å². The molecule has 0 aliphatic heterocycles. The van der Waals surface area contributed by atoms with Crippen molar-refractivity contribution in [3.8, 4) is 11.4 Å². The number of hydrogen-bond acceptors (Lipinski definition) is 0. The molecule has 21 heavy (non-hydrogen) atoms. The Morgan fingerprint density at radius 3 is 2.38 bits per heavy atom. The van der Waals surface area contributed by atoms with E-state index in [9.17, 15) is 4.39 Å². The highest BCUT2D eigenvalue weighted by Crippen LogP contribution is 2.27. The summed E-state index contributed by atoms with van der Waals surface area (Å²) in [7, 11) is 0. The summed E-state index contributed by atoms with van der Waals surface area (Å²) in [5, 5.41) is 2.07. The van der Waals surface area contributed by atoms with Gasteiger partial charge in [0.15, 0.2) is 0 Å². The molecule has 0 aliphatic rings. The van der Waals surface area contributed by atoms with Gasteiger partial charge in [0.2, 0.25) is 0 Å². The monoisotopic (exact) mass is 278 g/mol. The molecule has 0 amide bonds. The number of aryl methyl sites for hydroxylation is 1. The molecular weight excluding hydrogens is 263 g/mol. The molecule has 0 radical (unpaired) electrons. The van der Waals surface area contributed by atoms with Crippen molar-refractivity contribution in [1.82, 2.24) is 9.97 Å². The number of hydrogen-bond donors (Lipinski definition) is 2. The van der Waals surface area contributed by atoms with E-state index in [1.807, 2.05) is 6.07 Å². The van der Waals surface area contributed by atoms with Gasteiger partial charge in [-0.1, -0.05) is 19.1 Å². The van der Waals surface area contributed by atoms with Crippen molar-refractivity contribution < 1.29 is 4.39 Å². The molecule has 104 valence electrons. The Hall–Kier alpha value is -2.55. The van der Waals surface area contributed by atoms with Crippen LogP contribution in [0, 0.1) is 5.82 Å². The van der Waals surface area contributed by atoms with Gasteiger partial charge in [-0.05, 0) is 48.4 Å². The zero-order valence-electron chi connectivity index (χ0n) is 11.7. The molecule has 2 aromatic carbocycles. The normalized spacial score (nSPS) is 11.5. The summed E-state index contributed by atoms with van der Waals surface area (Å²) in [6, 6.07) is 15.4. The smallest absolute Gasteiger partial charge is 0.123 e. The summed E-state index contributed by atoms with van der Waals surface area (Å²) in [5.74, 6) is -0.211. The third-order valence-electron chi connectivity index (χ3n) is 3.97. The van der Waals surface area contributed by atoms with Gasteiger partial charge in [0.25, 0.3) is 0 Å². The maximum Gasteiger partial charge on any atom is 0.123 e. The molecule has 2 heterocycles. The first-order chi connectivity index (χ1) is 10.2. The quantitative estimate of drug-likeness (QED) is 0.516. The second-order valence-electron chi connectivity index (χ2n) is 5.37. The first-order valence-corrected chi connectivity index (χ1v) is 7.13. The largest absolute Gasteiger partial charge is 0.353 e. The summed E-state index contributed by atoms with van der Waals surface area (Å²) in [5.41, 5.74) is 5.39. The number of aromatic amines is 2. The molecule has 0 saturated heterocycles. The Balaban J connectivity index is 1.87. The van der Waals surface area contributed by atoms with Crippen LogP contribution in [0.25, 0.3) is 33.2 Å². The third kappa shape index (κ3) is 2.02.